The van der Waals surface area contributed by atoms with E-state index in [0.29, 0.717) is 18.0 Å². The largest absolute Gasteiger partial charge is 0.490 e. The zero-order chi connectivity index (χ0) is 34.3. The van der Waals surface area contributed by atoms with E-state index in [0.717, 1.165) is 55.1 Å². The van der Waals surface area contributed by atoms with Gasteiger partial charge in [-0.2, -0.15) is 31.4 Å². The summed E-state index contributed by atoms with van der Waals surface area (Å²) in [6.07, 6.45) is -7.13. The lowest BCUT2D eigenvalue weighted by atomic mass is 10.1. The van der Waals surface area contributed by atoms with Crippen LogP contribution in [-0.4, -0.2) is 95.1 Å². The fourth-order valence-electron chi connectivity index (χ4n) is 3.54. The van der Waals surface area contributed by atoms with Gasteiger partial charge in [0.2, 0.25) is 0 Å². The summed E-state index contributed by atoms with van der Waals surface area (Å²) in [4.78, 5) is 32.5. The number of aliphatic carboxylic acids is 2. The third-order valence-electron chi connectivity index (χ3n) is 5.76. The maximum absolute atomic E-state index is 12.4. The number of rotatable bonds is 8. The van der Waals surface area contributed by atoms with Crippen molar-refractivity contribution in [3.63, 3.8) is 0 Å². The molecule has 1 fully saturated rings. The molecule has 2 aromatic carbocycles. The second-order valence-electron chi connectivity index (χ2n) is 9.30. The van der Waals surface area contributed by atoms with Gasteiger partial charge in [0.1, 0.15) is 19.0 Å². The number of aryl methyl sites for hydroxylation is 1. The molecule has 0 bridgehead atoms. The summed E-state index contributed by atoms with van der Waals surface area (Å²) in [5.41, 5.74) is 4.51. The van der Waals surface area contributed by atoms with Crippen LogP contribution in [0.15, 0.2) is 54.9 Å². The number of aromatic amines is 1. The molecule has 4 rings (SSSR count). The predicted octanol–water partition coefficient (Wildman–Crippen LogP) is 5.11. The normalized spacial score (nSPS) is 13.3. The van der Waals surface area contributed by atoms with Crippen LogP contribution in [0.2, 0.25) is 0 Å². The van der Waals surface area contributed by atoms with Crippen LogP contribution in [0.5, 0.6) is 5.75 Å². The molecule has 0 saturated carbocycles. The van der Waals surface area contributed by atoms with Gasteiger partial charge < -0.3 is 24.4 Å². The number of nitrogens with one attached hydrogen (secondary N) is 2. The number of carboxylic acid groups (broad SMARTS) is 2. The van der Waals surface area contributed by atoms with Crippen LogP contribution < -0.4 is 10.1 Å². The number of hydrogen-bond acceptors (Lipinski definition) is 8. The molecule has 252 valence electrons. The van der Waals surface area contributed by atoms with Crippen LogP contribution in [0, 0.1) is 6.92 Å². The van der Waals surface area contributed by atoms with Gasteiger partial charge in [-0.25, -0.2) is 14.4 Å². The molecule has 0 aliphatic carbocycles. The van der Waals surface area contributed by atoms with E-state index in [2.05, 4.69) is 20.4 Å². The van der Waals surface area contributed by atoms with Crippen molar-refractivity contribution in [1.29, 1.82) is 0 Å². The predicted molar refractivity (Wildman–Crippen MR) is 149 cm³/mol. The van der Waals surface area contributed by atoms with E-state index in [9.17, 15) is 31.1 Å². The summed E-state index contributed by atoms with van der Waals surface area (Å²) >= 11 is 0. The molecule has 1 aliphatic rings. The Bertz CT molecular complexity index is 1390. The monoisotopic (exact) mass is 664 g/mol. The van der Waals surface area contributed by atoms with E-state index < -0.39 is 30.4 Å². The molecule has 2 heterocycles. The zero-order valence-electron chi connectivity index (χ0n) is 24.2. The Hall–Kier alpha value is -4.84. The number of carbonyl (C=O) groups is 3. The van der Waals surface area contributed by atoms with Crippen LogP contribution >= 0.6 is 0 Å². The summed E-state index contributed by atoms with van der Waals surface area (Å²) in [6, 6.07) is 13.5. The van der Waals surface area contributed by atoms with Crippen LogP contribution in [-0.2, 0) is 25.7 Å². The van der Waals surface area contributed by atoms with Crippen molar-refractivity contribution >= 4 is 23.7 Å². The lowest BCUT2D eigenvalue weighted by molar-refractivity contribution is -0.193. The van der Waals surface area contributed by atoms with E-state index in [1.807, 2.05) is 55.6 Å². The number of morpholine rings is 1. The van der Waals surface area contributed by atoms with Crippen molar-refractivity contribution in [1.82, 2.24) is 15.1 Å². The van der Waals surface area contributed by atoms with E-state index in [1.165, 1.54) is 0 Å². The molecule has 0 radical (unpaired) electrons. The van der Waals surface area contributed by atoms with Gasteiger partial charge in [-0.1, -0.05) is 35.9 Å². The van der Waals surface area contributed by atoms with E-state index in [4.69, 9.17) is 34.0 Å². The van der Waals surface area contributed by atoms with Gasteiger partial charge in [0, 0.05) is 31.4 Å². The third kappa shape index (κ3) is 13.9. The fourth-order valence-corrected chi connectivity index (χ4v) is 3.54. The Balaban J connectivity index is 0.000000440. The number of ether oxygens (including phenoxy) is 3. The summed E-state index contributed by atoms with van der Waals surface area (Å²) in [5.74, 6) is -4.93. The Kier molecular flexibility index (Phi) is 14.3. The molecular formula is C28H30F6N4O8. The van der Waals surface area contributed by atoms with Gasteiger partial charge in [0.25, 0.3) is 0 Å². The molecular weight excluding hydrogens is 634 g/mol. The maximum Gasteiger partial charge on any atom is 0.490 e. The van der Waals surface area contributed by atoms with Crippen molar-refractivity contribution in [3.8, 4) is 16.9 Å². The van der Waals surface area contributed by atoms with E-state index >= 15 is 0 Å². The van der Waals surface area contributed by atoms with Gasteiger partial charge in [-0.3, -0.25) is 15.3 Å². The van der Waals surface area contributed by atoms with Gasteiger partial charge in [-0.15, -0.1) is 0 Å². The number of carboxylic acids is 2. The average molecular weight is 665 g/mol. The summed E-state index contributed by atoms with van der Waals surface area (Å²) in [6.45, 7) is 6.78. The average Bonchev–Trinajstić information content (AvgIpc) is 3.52. The first kappa shape index (κ1) is 37.3. The van der Waals surface area contributed by atoms with Crippen LogP contribution in [0.4, 0.5) is 36.8 Å². The zero-order valence-corrected chi connectivity index (χ0v) is 24.2. The lowest BCUT2D eigenvalue weighted by Crippen LogP contribution is -2.38. The quantitative estimate of drug-likeness (QED) is 0.238. The number of H-pyrrole nitrogens is 1. The molecule has 46 heavy (non-hydrogen) atoms. The van der Waals surface area contributed by atoms with Crippen molar-refractivity contribution in [2.75, 3.05) is 44.8 Å². The smallest absolute Gasteiger partial charge is 0.490 e. The lowest BCUT2D eigenvalue weighted by Gasteiger charge is -2.26. The van der Waals surface area contributed by atoms with Crippen LogP contribution in [0.3, 0.4) is 0 Å². The van der Waals surface area contributed by atoms with Crippen LogP contribution in [0.25, 0.3) is 11.1 Å². The molecule has 0 atom stereocenters. The number of carbonyl (C=O) groups excluding carboxylic acids is 1. The Morgan fingerprint density at radius 1 is 0.978 bits per heavy atom. The number of anilines is 1. The molecule has 3 aromatic rings. The van der Waals surface area contributed by atoms with Crippen molar-refractivity contribution in [2.45, 2.75) is 25.9 Å². The van der Waals surface area contributed by atoms with Crippen molar-refractivity contribution < 1.29 is 65.1 Å². The first-order valence-corrected chi connectivity index (χ1v) is 13.2. The second-order valence-corrected chi connectivity index (χ2v) is 9.30. The van der Waals surface area contributed by atoms with Gasteiger partial charge in [-0.05, 0) is 30.2 Å². The second kappa shape index (κ2) is 17.6. The molecule has 0 spiro atoms. The fraction of sp³-hybridized carbons (Fsp3) is 0.357. The molecule has 1 amide bonds. The molecule has 1 aliphatic heterocycles. The Morgan fingerprint density at radius 3 is 2.15 bits per heavy atom. The summed E-state index contributed by atoms with van der Waals surface area (Å²) < 4.78 is 80.3. The molecule has 1 saturated heterocycles. The minimum Gasteiger partial charge on any atom is -0.490 e. The first-order valence-electron chi connectivity index (χ1n) is 13.2. The summed E-state index contributed by atoms with van der Waals surface area (Å²) in [5, 5.41) is 23.9. The minimum atomic E-state index is -5.08. The van der Waals surface area contributed by atoms with Crippen LogP contribution in [0.1, 0.15) is 11.1 Å². The molecule has 4 N–H and O–H groups in total. The molecule has 1 aromatic heterocycles. The molecule has 0 unspecified atom stereocenters. The Morgan fingerprint density at radius 2 is 1.61 bits per heavy atom. The highest BCUT2D eigenvalue weighted by molar-refractivity contribution is 5.87. The Labute approximate surface area is 257 Å². The van der Waals surface area contributed by atoms with Crippen molar-refractivity contribution in [2.24, 2.45) is 0 Å². The number of amides is 1. The molecule has 12 nitrogen and oxygen atoms in total. The van der Waals surface area contributed by atoms with Gasteiger partial charge >= 0.3 is 30.4 Å². The minimum absolute atomic E-state index is 0.202. The summed E-state index contributed by atoms with van der Waals surface area (Å²) in [7, 11) is 0. The highest BCUT2D eigenvalue weighted by atomic mass is 19.4. The number of alkyl halides is 6. The number of hydrogen-bond donors (Lipinski definition) is 4. The first-order chi connectivity index (χ1) is 21.6. The number of aromatic nitrogens is 2. The van der Waals surface area contributed by atoms with E-state index in [1.54, 1.807) is 6.20 Å². The maximum atomic E-state index is 12.4. The highest BCUT2D eigenvalue weighted by Gasteiger charge is 2.38. The number of halogens is 6. The third-order valence-corrected chi connectivity index (χ3v) is 5.76. The van der Waals surface area contributed by atoms with Crippen molar-refractivity contribution in [3.05, 3.63) is 66.0 Å². The highest BCUT2D eigenvalue weighted by Crippen LogP contribution is 2.31. The number of benzene rings is 2. The topological polar surface area (TPSA) is 163 Å². The molecule has 18 heteroatoms. The standard InChI is InChI=1S/C24H28N4O4.2C2HF3O2/c1-18-3-2-4-19(13-18)17-32-24(29)27-22-6-5-20(21-15-25-26-16-21)14-23(22)31-12-9-28-7-10-30-11-8-28;2*3-2(4,5)1(6)7/h2-6,13-16H,7-12,17H2,1H3,(H,25,26)(H,27,29);2*(H,6,7). The van der Waals surface area contributed by atoms with Gasteiger partial charge in [0.05, 0.1) is 25.1 Å². The van der Waals surface area contributed by atoms with Gasteiger partial charge in [0.15, 0.2) is 0 Å². The van der Waals surface area contributed by atoms with E-state index in [-0.39, 0.29) is 6.61 Å². The SMILES string of the molecule is Cc1cccc(COC(=O)Nc2ccc(-c3cn[nH]c3)cc2OCCN2CCOCC2)c1.O=C(O)C(F)(F)F.O=C(O)C(F)(F)F. The number of nitrogens with zero attached hydrogens (tertiary/aromatic N) is 2.